The lowest BCUT2D eigenvalue weighted by molar-refractivity contribution is -0.146. The molecule has 6 nitrogen and oxygen atoms in total. The van der Waals surface area contributed by atoms with E-state index in [0.29, 0.717) is 22.5 Å². The van der Waals surface area contributed by atoms with Crippen molar-refractivity contribution in [3.63, 3.8) is 0 Å². The predicted octanol–water partition coefficient (Wildman–Crippen LogP) is 6.28. The van der Waals surface area contributed by atoms with E-state index in [1.807, 2.05) is 44.2 Å². The van der Waals surface area contributed by atoms with Crippen LogP contribution in [0.5, 0.6) is 0 Å². The summed E-state index contributed by atoms with van der Waals surface area (Å²) in [7, 11) is -1.84. The van der Waals surface area contributed by atoms with E-state index in [2.05, 4.69) is 6.58 Å². The van der Waals surface area contributed by atoms with E-state index in [9.17, 15) is 24.0 Å². The standard InChI is InChI=1S/C27H27FNO5P/c1-6-27(25(30)31,35(33)34-5)26(4,32)23-21(18-12-14-20(28)15-13-18)16-22(29-24(23)17(2)3)19-10-8-7-9-11-19/h6-17,32H,1H2,2-5H3/p+1. The van der Waals surface area contributed by atoms with Crippen LogP contribution in [0.2, 0.25) is 0 Å². The van der Waals surface area contributed by atoms with Gasteiger partial charge in [0.15, 0.2) is 5.60 Å². The molecule has 3 unspecified atom stereocenters. The Balaban J connectivity index is 2.50. The van der Waals surface area contributed by atoms with Gasteiger partial charge < -0.3 is 10.2 Å². The first kappa shape index (κ1) is 26.4. The number of halogens is 1. The SMILES string of the molecule is C=CC(C(=O)O)([P+](=O)OC)C(C)(O)c1c(-c2ccc(F)cc2)cc(-c2ccccc2)nc1C(C)C. The van der Waals surface area contributed by atoms with Gasteiger partial charge >= 0.3 is 19.2 Å². The number of aliphatic hydroxyl groups is 1. The van der Waals surface area contributed by atoms with Crippen molar-refractivity contribution in [3.05, 3.63) is 90.4 Å². The molecule has 2 N–H and O–H groups in total. The molecule has 0 fully saturated rings. The number of pyridine rings is 1. The Morgan fingerprint density at radius 1 is 1.14 bits per heavy atom. The zero-order valence-electron chi connectivity index (χ0n) is 20.0. The lowest BCUT2D eigenvalue weighted by Crippen LogP contribution is -2.52. The van der Waals surface area contributed by atoms with Crippen molar-refractivity contribution in [1.29, 1.82) is 0 Å². The highest BCUT2D eigenvalue weighted by Gasteiger charge is 2.69. The molecule has 182 valence electrons. The smallest absolute Gasteiger partial charge is 0.477 e. The van der Waals surface area contributed by atoms with Crippen molar-refractivity contribution in [3.8, 4) is 22.4 Å². The molecule has 0 bridgehead atoms. The number of carboxylic acids is 1. The Morgan fingerprint density at radius 2 is 1.74 bits per heavy atom. The highest BCUT2D eigenvalue weighted by molar-refractivity contribution is 7.43. The summed E-state index contributed by atoms with van der Waals surface area (Å²) in [6.45, 7) is 8.58. The summed E-state index contributed by atoms with van der Waals surface area (Å²) in [6, 6.07) is 16.7. The summed E-state index contributed by atoms with van der Waals surface area (Å²) >= 11 is 0. The molecule has 0 aliphatic heterocycles. The van der Waals surface area contributed by atoms with Crippen LogP contribution >= 0.6 is 8.03 Å². The molecule has 1 aromatic heterocycles. The first-order valence-corrected chi connectivity index (χ1v) is 12.2. The van der Waals surface area contributed by atoms with E-state index in [4.69, 9.17) is 9.51 Å². The summed E-state index contributed by atoms with van der Waals surface area (Å²) in [4.78, 5) is 17.4. The number of nitrogens with zero attached hydrogens (tertiary/aromatic N) is 1. The van der Waals surface area contributed by atoms with Crippen LogP contribution in [0.25, 0.3) is 22.4 Å². The Hall–Kier alpha value is -3.25. The molecule has 0 saturated heterocycles. The zero-order chi connectivity index (χ0) is 26.0. The van der Waals surface area contributed by atoms with Crippen LogP contribution in [0, 0.1) is 5.82 Å². The Bertz CT molecular complexity index is 1260. The number of rotatable bonds is 9. The van der Waals surface area contributed by atoms with Gasteiger partial charge in [0.25, 0.3) is 0 Å². The second-order valence-electron chi connectivity index (χ2n) is 8.63. The topological polar surface area (TPSA) is 96.7 Å². The van der Waals surface area contributed by atoms with Crippen molar-refractivity contribution < 1.29 is 28.5 Å². The third-order valence-electron chi connectivity index (χ3n) is 6.12. The summed E-state index contributed by atoms with van der Waals surface area (Å²) in [5.74, 6) is -2.28. The molecule has 0 spiro atoms. The van der Waals surface area contributed by atoms with Gasteiger partial charge in [-0.05, 0) is 52.8 Å². The zero-order valence-corrected chi connectivity index (χ0v) is 20.9. The average molecular weight is 496 g/mol. The average Bonchev–Trinajstić information content (AvgIpc) is 2.84. The van der Waals surface area contributed by atoms with Crippen LogP contribution in [0.1, 0.15) is 37.9 Å². The van der Waals surface area contributed by atoms with E-state index in [1.165, 1.54) is 31.2 Å². The predicted molar refractivity (Wildman–Crippen MR) is 134 cm³/mol. The van der Waals surface area contributed by atoms with Crippen LogP contribution in [0.4, 0.5) is 4.39 Å². The molecular formula is C27H28FNO5P+. The number of carboxylic acid groups (broad SMARTS) is 1. The molecule has 3 aromatic rings. The maximum atomic E-state index is 13.8. The summed E-state index contributed by atoms with van der Waals surface area (Å²) in [5, 5.41) is 19.8. The van der Waals surface area contributed by atoms with Crippen molar-refractivity contribution in [2.75, 3.05) is 7.11 Å². The molecule has 35 heavy (non-hydrogen) atoms. The molecule has 0 saturated carbocycles. The fourth-order valence-corrected chi connectivity index (χ4v) is 5.33. The maximum Gasteiger partial charge on any atom is 0.534 e. The monoisotopic (exact) mass is 496 g/mol. The second-order valence-corrected chi connectivity index (χ2v) is 10.2. The highest BCUT2D eigenvalue weighted by atomic mass is 31.1. The van der Waals surface area contributed by atoms with Gasteiger partial charge in [0, 0.05) is 11.1 Å². The van der Waals surface area contributed by atoms with E-state index in [1.54, 1.807) is 6.07 Å². The summed E-state index contributed by atoms with van der Waals surface area (Å²) in [5.41, 5.74) is 0.627. The number of benzene rings is 2. The van der Waals surface area contributed by atoms with E-state index >= 15 is 0 Å². The Labute approximate surface area is 205 Å². The third-order valence-corrected chi connectivity index (χ3v) is 7.84. The first-order chi connectivity index (χ1) is 16.5. The lowest BCUT2D eigenvalue weighted by Gasteiger charge is -2.35. The fourth-order valence-electron chi connectivity index (χ4n) is 4.27. The first-order valence-electron chi connectivity index (χ1n) is 11.0. The fraction of sp³-hybridized carbons (Fsp3) is 0.259. The number of aromatic nitrogens is 1. The van der Waals surface area contributed by atoms with Crippen molar-refractivity contribution in [1.82, 2.24) is 4.98 Å². The number of carbonyl (C=O) groups is 1. The molecule has 3 atom stereocenters. The van der Waals surface area contributed by atoms with Crippen LogP contribution in [0.15, 0.2) is 73.3 Å². The van der Waals surface area contributed by atoms with Gasteiger partial charge in [-0.15, -0.1) is 4.52 Å². The van der Waals surface area contributed by atoms with Gasteiger partial charge in [0.2, 0.25) is 0 Å². The largest absolute Gasteiger partial charge is 0.534 e. The maximum absolute atomic E-state index is 13.8. The van der Waals surface area contributed by atoms with Gasteiger partial charge in [0.1, 0.15) is 5.82 Å². The van der Waals surface area contributed by atoms with Crippen molar-refractivity contribution in [2.24, 2.45) is 0 Å². The normalized spacial score (nSPS) is 15.2. The van der Waals surface area contributed by atoms with E-state index in [0.717, 1.165) is 18.7 Å². The van der Waals surface area contributed by atoms with Gasteiger partial charge in [-0.1, -0.05) is 62.9 Å². The van der Waals surface area contributed by atoms with Gasteiger partial charge in [-0.25, -0.2) is 9.18 Å². The van der Waals surface area contributed by atoms with Crippen molar-refractivity contribution in [2.45, 2.75) is 37.4 Å². The Morgan fingerprint density at radius 3 is 2.23 bits per heavy atom. The number of hydrogen-bond acceptors (Lipinski definition) is 5. The molecule has 0 aliphatic rings. The van der Waals surface area contributed by atoms with Crippen LogP contribution in [0.3, 0.4) is 0 Å². The van der Waals surface area contributed by atoms with Crippen LogP contribution in [-0.4, -0.2) is 33.4 Å². The number of hydrogen-bond donors (Lipinski definition) is 2. The highest BCUT2D eigenvalue weighted by Crippen LogP contribution is 2.55. The second kappa shape index (κ2) is 10.2. The van der Waals surface area contributed by atoms with Gasteiger partial charge in [-0.2, -0.15) is 0 Å². The summed E-state index contributed by atoms with van der Waals surface area (Å²) < 4.78 is 31.8. The quantitative estimate of drug-likeness (QED) is 0.267. The third kappa shape index (κ3) is 4.55. The molecule has 0 aliphatic carbocycles. The lowest BCUT2D eigenvalue weighted by atomic mass is 9.75. The van der Waals surface area contributed by atoms with E-state index < -0.39 is 30.6 Å². The van der Waals surface area contributed by atoms with E-state index in [-0.39, 0.29) is 11.5 Å². The molecule has 8 heteroatoms. The molecule has 0 amide bonds. The molecule has 2 aromatic carbocycles. The molecule has 3 rings (SSSR count). The van der Waals surface area contributed by atoms with Gasteiger partial charge in [-0.3, -0.25) is 4.98 Å². The summed E-state index contributed by atoms with van der Waals surface area (Å²) in [6.07, 6.45) is 0.946. The minimum absolute atomic E-state index is 0.154. The Kier molecular flexibility index (Phi) is 7.65. The molecule has 1 heterocycles. The molecule has 0 radical (unpaired) electrons. The van der Waals surface area contributed by atoms with Gasteiger partial charge in [0.05, 0.1) is 18.5 Å². The van der Waals surface area contributed by atoms with Crippen LogP contribution in [-0.2, 0) is 19.5 Å². The van der Waals surface area contributed by atoms with Crippen LogP contribution < -0.4 is 0 Å². The number of aliphatic carboxylic acids is 1. The minimum Gasteiger partial charge on any atom is -0.477 e. The van der Waals surface area contributed by atoms with Crippen molar-refractivity contribution >= 4 is 14.0 Å². The minimum atomic E-state index is -2.95. The molecular weight excluding hydrogens is 468 g/mol.